The van der Waals surface area contributed by atoms with Gasteiger partial charge in [-0.3, -0.25) is 0 Å². The smallest absolute Gasteiger partial charge is 0.119 e. The lowest BCUT2D eigenvalue weighted by Gasteiger charge is -2.15. The standard InChI is InChI=1S/C38H36N2O2/c1-3-5-7-9-11-21-41-29-15-19-31-27(23-29)13-17-33-35(25-39)36(26-40)34-18-14-28-24-30(42-22-12-10-8-6-4-2)16-20-32(28)38(34)37(31)33/h3-4,13-20,23-24H,1-2,5-12,21-22H2. The molecule has 0 aliphatic heterocycles. The van der Waals surface area contributed by atoms with E-state index in [0.29, 0.717) is 24.3 Å². The Morgan fingerprint density at radius 2 is 0.976 bits per heavy atom. The van der Waals surface area contributed by atoms with Crippen molar-refractivity contribution in [3.05, 3.63) is 97.1 Å². The number of nitriles is 2. The van der Waals surface area contributed by atoms with Crippen molar-refractivity contribution in [1.82, 2.24) is 0 Å². The fourth-order valence-electron chi connectivity index (χ4n) is 5.77. The molecule has 0 bridgehead atoms. The summed E-state index contributed by atoms with van der Waals surface area (Å²) in [5.41, 5.74) is 0.829. The number of fused-ring (bicyclic) bond motifs is 7. The van der Waals surface area contributed by atoms with Crippen LogP contribution in [0.2, 0.25) is 0 Å². The van der Waals surface area contributed by atoms with Crippen LogP contribution in [-0.4, -0.2) is 13.2 Å². The predicted molar refractivity (Wildman–Crippen MR) is 174 cm³/mol. The summed E-state index contributed by atoms with van der Waals surface area (Å²) in [6.45, 7) is 8.92. The first-order chi connectivity index (χ1) is 20.7. The zero-order valence-electron chi connectivity index (χ0n) is 24.1. The van der Waals surface area contributed by atoms with Crippen molar-refractivity contribution >= 4 is 43.1 Å². The molecule has 4 heteroatoms. The van der Waals surface area contributed by atoms with Crippen molar-refractivity contribution in [2.75, 3.05) is 13.2 Å². The van der Waals surface area contributed by atoms with Gasteiger partial charge in [0.15, 0.2) is 0 Å². The summed E-state index contributed by atoms with van der Waals surface area (Å²) < 4.78 is 12.2. The van der Waals surface area contributed by atoms with E-state index in [2.05, 4.69) is 49.6 Å². The van der Waals surface area contributed by atoms with Gasteiger partial charge >= 0.3 is 0 Å². The van der Waals surface area contributed by atoms with Crippen molar-refractivity contribution in [3.8, 4) is 23.6 Å². The van der Waals surface area contributed by atoms with Crippen LogP contribution < -0.4 is 9.47 Å². The quantitative estimate of drug-likeness (QED) is 0.0781. The van der Waals surface area contributed by atoms with Crippen molar-refractivity contribution in [1.29, 1.82) is 10.5 Å². The molecule has 0 radical (unpaired) electrons. The fraction of sp³-hybridized carbons (Fsp3) is 0.263. The SMILES string of the molecule is C=CCCCCCOc1ccc2c(ccc3c(C#N)c(C#N)c4ccc5cc(OCCCCCC=C)ccc5c4c32)c1. The number of allylic oxidation sites excluding steroid dienone is 2. The predicted octanol–water partition coefficient (Wildman–Crippen LogP) is 10.3. The van der Waals surface area contributed by atoms with Crippen LogP contribution in [0.25, 0.3) is 43.1 Å². The second kappa shape index (κ2) is 13.7. The van der Waals surface area contributed by atoms with E-state index in [9.17, 15) is 10.5 Å². The molecule has 0 saturated carbocycles. The number of hydrogen-bond donors (Lipinski definition) is 0. The van der Waals surface area contributed by atoms with Gasteiger partial charge in [-0.2, -0.15) is 10.5 Å². The highest BCUT2D eigenvalue weighted by Crippen LogP contribution is 2.41. The molecule has 42 heavy (non-hydrogen) atoms. The number of benzene rings is 5. The van der Waals surface area contributed by atoms with Crippen LogP contribution in [0.15, 0.2) is 86.0 Å². The Kier molecular flexibility index (Phi) is 9.37. The zero-order chi connectivity index (χ0) is 29.3. The molecular formula is C38H36N2O2. The highest BCUT2D eigenvalue weighted by molar-refractivity contribution is 6.29. The van der Waals surface area contributed by atoms with Gasteiger partial charge in [-0.1, -0.05) is 48.6 Å². The average molecular weight is 553 g/mol. The molecule has 210 valence electrons. The lowest BCUT2D eigenvalue weighted by atomic mass is 9.87. The minimum Gasteiger partial charge on any atom is -0.494 e. The average Bonchev–Trinajstić information content (AvgIpc) is 3.02. The minimum absolute atomic E-state index is 0.414. The summed E-state index contributed by atoms with van der Waals surface area (Å²) in [4.78, 5) is 0. The van der Waals surface area contributed by atoms with E-state index in [4.69, 9.17) is 9.47 Å². The topological polar surface area (TPSA) is 66.0 Å². The number of hydrogen-bond acceptors (Lipinski definition) is 4. The Labute approximate surface area is 248 Å². The first-order valence-corrected chi connectivity index (χ1v) is 14.9. The molecule has 0 heterocycles. The van der Waals surface area contributed by atoms with Crippen molar-refractivity contribution in [2.24, 2.45) is 0 Å². The molecule has 0 N–H and O–H groups in total. The van der Waals surface area contributed by atoms with E-state index in [0.717, 1.165) is 106 Å². The number of nitrogens with zero attached hydrogens (tertiary/aromatic N) is 2. The first kappa shape index (κ1) is 28.7. The van der Waals surface area contributed by atoms with Gasteiger partial charge in [0.2, 0.25) is 0 Å². The van der Waals surface area contributed by atoms with Crippen LogP contribution in [0, 0.1) is 22.7 Å². The van der Waals surface area contributed by atoms with Gasteiger partial charge in [0, 0.05) is 10.8 Å². The van der Waals surface area contributed by atoms with Crippen LogP contribution in [0.4, 0.5) is 0 Å². The molecule has 0 aromatic heterocycles. The molecule has 5 rings (SSSR count). The Balaban J connectivity index is 1.57. The van der Waals surface area contributed by atoms with E-state index in [1.165, 1.54) is 0 Å². The summed E-state index contributed by atoms with van der Waals surface area (Å²) >= 11 is 0. The Morgan fingerprint density at radius 1 is 0.548 bits per heavy atom. The van der Waals surface area contributed by atoms with Crippen LogP contribution >= 0.6 is 0 Å². The largest absolute Gasteiger partial charge is 0.494 e. The molecule has 0 unspecified atom stereocenters. The molecular weight excluding hydrogens is 516 g/mol. The molecule has 0 saturated heterocycles. The highest BCUT2D eigenvalue weighted by Gasteiger charge is 2.18. The van der Waals surface area contributed by atoms with E-state index in [1.807, 2.05) is 48.6 Å². The third-order valence-corrected chi connectivity index (χ3v) is 7.89. The van der Waals surface area contributed by atoms with E-state index in [1.54, 1.807) is 0 Å². The Bertz CT molecular complexity index is 1720. The normalized spacial score (nSPS) is 11.0. The second-order valence-electron chi connectivity index (χ2n) is 10.7. The summed E-state index contributed by atoms with van der Waals surface area (Å²) in [6, 6.07) is 25.0. The molecule has 0 aliphatic rings. The maximum absolute atomic E-state index is 10.1. The van der Waals surface area contributed by atoms with Gasteiger partial charge in [-0.15, -0.1) is 13.2 Å². The molecule has 0 atom stereocenters. The number of rotatable bonds is 14. The minimum atomic E-state index is 0.414. The fourth-order valence-corrected chi connectivity index (χ4v) is 5.77. The summed E-state index contributed by atoms with van der Waals surface area (Å²) in [7, 11) is 0. The van der Waals surface area contributed by atoms with Gasteiger partial charge in [0.05, 0.1) is 24.3 Å². The van der Waals surface area contributed by atoms with Crippen molar-refractivity contribution < 1.29 is 9.47 Å². The maximum Gasteiger partial charge on any atom is 0.119 e. The van der Waals surface area contributed by atoms with Gasteiger partial charge in [-0.25, -0.2) is 0 Å². The van der Waals surface area contributed by atoms with Crippen molar-refractivity contribution in [3.63, 3.8) is 0 Å². The lowest BCUT2D eigenvalue weighted by molar-refractivity contribution is 0.306. The van der Waals surface area contributed by atoms with Gasteiger partial charge in [-0.05, 0) is 108 Å². The third-order valence-electron chi connectivity index (χ3n) is 7.89. The van der Waals surface area contributed by atoms with Crippen LogP contribution in [0.3, 0.4) is 0 Å². The second-order valence-corrected chi connectivity index (χ2v) is 10.7. The molecule has 5 aromatic rings. The van der Waals surface area contributed by atoms with E-state index < -0.39 is 0 Å². The Morgan fingerprint density at radius 3 is 1.38 bits per heavy atom. The van der Waals surface area contributed by atoms with Gasteiger partial charge < -0.3 is 9.47 Å². The van der Waals surface area contributed by atoms with Gasteiger partial charge in [0.1, 0.15) is 23.6 Å². The van der Waals surface area contributed by atoms with Crippen LogP contribution in [0.1, 0.15) is 62.5 Å². The summed E-state index contributed by atoms with van der Waals surface area (Å²) in [5.74, 6) is 1.67. The van der Waals surface area contributed by atoms with E-state index in [-0.39, 0.29) is 0 Å². The molecule has 0 spiro atoms. The van der Waals surface area contributed by atoms with Gasteiger partial charge in [0.25, 0.3) is 0 Å². The third kappa shape index (κ3) is 5.95. The Hall–Kier alpha value is -4.80. The maximum atomic E-state index is 10.1. The van der Waals surface area contributed by atoms with Crippen LogP contribution in [0.5, 0.6) is 11.5 Å². The molecule has 0 amide bonds. The highest BCUT2D eigenvalue weighted by atomic mass is 16.5. The molecule has 5 aromatic carbocycles. The molecule has 0 fully saturated rings. The monoisotopic (exact) mass is 552 g/mol. The first-order valence-electron chi connectivity index (χ1n) is 14.9. The molecule has 4 nitrogen and oxygen atoms in total. The molecule has 0 aliphatic carbocycles. The summed E-state index contributed by atoms with van der Waals surface area (Å²) in [6.07, 6.45) is 12.5. The number of ether oxygens (including phenoxy) is 2. The lowest BCUT2D eigenvalue weighted by Crippen LogP contribution is -1.98. The van der Waals surface area contributed by atoms with Crippen molar-refractivity contribution in [2.45, 2.75) is 51.4 Å². The number of unbranched alkanes of at least 4 members (excludes halogenated alkanes) is 6. The van der Waals surface area contributed by atoms with E-state index >= 15 is 0 Å². The van der Waals surface area contributed by atoms with Crippen LogP contribution in [-0.2, 0) is 0 Å². The zero-order valence-corrected chi connectivity index (χ0v) is 24.1. The summed E-state index contributed by atoms with van der Waals surface area (Å²) in [5, 5.41) is 28.0.